The molecular weight excluding hydrogens is 350 g/mol. The Labute approximate surface area is 159 Å². The van der Waals surface area contributed by atoms with Crippen LogP contribution in [-0.4, -0.2) is 47.4 Å². The maximum atomic E-state index is 14.1. The SMILES string of the molecule is Cc1ccc(N2CC[C@H]2C(=O)CCC(=O)N[C@H](CC(C)C)B(O)O)c(F)c1. The zero-order valence-electron chi connectivity index (χ0n) is 16.1. The lowest BCUT2D eigenvalue weighted by Gasteiger charge is -2.42. The van der Waals surface area contributed by atoms with E-state index in [-0.39, 0.29) is 30.4 Å². The second-order valence-corrected chi connectivity index (χ2v) is 7.64. The van der Waals surface area contributed by atoms with Crippen LogP contribution in [0.25, 0.3) is 0 Å². The van der Waals surface area contributed by atoms with E-state index < -0.39 is 25.0 Å². The van der Waals surface area contributed by atoms with Gasteiger partial charge in [0, 0.05) is 19.4 Å². The molecule has 2 atom stereocenters. The van der Waals surface area contributed by atoms with Crippen molar-refractivity contribution in [3.8, 4) is 0 Å². The third-order valence-corrected chi connectivity index (χ3v) is 4.83. The number of rotatable bonds is 9. The first-order valence-electron chi connectivity index (χ1n) is 9.40. The molecule has 0 bridgehead atoms. The molecule has 0 saturated carbocycles. The fourth-order valence-corrected chi connectivity index (χ4v) is 3.30. The highest BCUT2D eigenvalue weighted by Crippen LogP contribution is 2.30. The maximum absolute atomic E-state index is 14.1. The van der Waals surface area contributed by atoms with E-state index in [1.807, 2.05) is 13.8 Å². The van der Waals surface area contributed by atoms with Crippen molar-refractivity contribution in [2.75, 3.05) is 11.4 Å². The molecule has 148 valence electrons. The Kier molecular flexibility index (Phi) is 7.38. The Bertz CT molecular complexity index is 684. The predicted octanol–water partition coefficient (Wildman–Crippen LogP) is 1.61. The molecule has 6 nitrogen and oxygen atoms in total. The Morgan fingerprint density at radius 3 is 2.56 bits per heavy atom. The average Bonchev–Trinajstić information content (AvgIpc) is 2.53. The van der Waals surface area contributed by atoms with Gasteiger partial charge in [-0.3, -0.25) is 9.59 Å². The monoisotopic (exact) mass is 378 g/mol. The van der Waals surface area contributed by atoms with Gasteiger partial charge in [0.1, 0.15) is 5.82 Å². The highest BCUT2D eigenvalue weighted by molar-refractivity contribution is 6.43. The summed E-state index contributed by atoms with van der Waals surface area (Å²) in [6, 6.07) is 4.51. The summed E-state index contributed by atoms with van der Waals surface area (Å²) in [5, 5.41) is 21.3. The van der Waals surface area contributed by atoms with Crippen molar-refractivity contribution < 1.29 is 24.0 Å². The Morgan fingerprint density at radius 2 is 2.04 bits per heavy atom. The summed E-state index contributed by atoms with van der Waals surface area (Å²) in [4.78, 5) is 26.2. The molecule has 1 aromatic carbocycles. The molecule has 1 aromatic rings. The van der Waals surface area contributed by atoms with E-state index in [4.69, 9.17) is 0 Å². The van der Waals surface area contributed by atoms with Gasteiger partial charge < -0.3 is 20.3 Å². The van der Waals surface area contributed by atoms with E-state index in [0.29, 0.717) is 25.1 Å². The Hall–Kier alpha value is -1.93. The molecule has 1 aliphatic rings. The van der Waals surface area contributed by atoms with Crippen molar-refractivity contribution in [3.05, 3.63) is 29.6 Å². The number of ketones is 1. The summed E-state index contributed by atoms with van der Waals surface area (Å²) in [5.74, 6) is -1.42. The van der Waals surface area contributed by atoms with Gasteiger partial charge in [-0.2, -0.15) is 0 Å². The lowest BCUT2D eigenvalue weighted by atomic mass is 9.75. The Morgan fingerprint density at radius 1 is 1.33 bits per heavy atom. The smallest absolute Gasteiger partial charge is 0.426 e. The van der Waals surface area contributed by atoms with Gasteiger partial charge in [0.05, 0.1) is 17.7 Å². The molecule has 1 heterocycles. The molecule has 1 fully saturated rings. The van der Waals surface area contributed by atoms with Gasteiger partial charge in [0.2, 0.25) is 5.91 Å². The molecule has 1 saturated heterocycles. The van der Waals surface area contributed by atoms with E-state index in [2.05, 4.69) is 5.32 Å². The van der Waals surface area contributed by atoms with Crippen LogP contribution < -0.4 is 10.2 Å². The van der Waals surface area contributed by atoms with E-state index in [9.17, 15) is 24.0 Å². The van der Waals surface area contributed by atoms with Crippen LogP contribution in [0.15, 0.2) is 18.2 Å². The minimum absolute atomic E-state index is 0.0269. The van der Waals surface area contributed by atoms with Gasteiger partial charge in [-0.15, -0.1) is 0 Å². The van der Waals surface area contributed by atoms with Crippen molar-refractivity contribution in [2.24, 2.45) is 5.92 Å². The molecule has 1 aliphatic heterocycles. The summed E-state index contributed by atoms with van der Waals surface area (Å²) < 4.78 is 14.1. The number of nitrogens with zero attached hydrogens (tertiary/aromatic N) is 1. The number of carbonyl (C=O) groups excluding carboxylic acids is 2. The van der Waals surface area contributed by atoms with Crippen LogP contribution in [-0.2, 0) is 9.59 Å². The minimum Gasteiger partial charge on any atom is -0.426 e. The van der Waals surface area contributed by atoms with Gasteiger partial charge in [-0.1, -0.05) is 19.9 Å². The van der Waals surface area contributed by atoms with Gasteiger partial charge in [0.15, 0.2) is 5.78 Å². The number of hydrogen-bond donors (Lipinski definition) is 3. The lowest BCUT2D eigenvalue weighted by molar-refractivity contribution is -0.126. The number of hydrogen-bond acceptors (Lipinski definition) is 5. The minimum atomic E-state index is -1.64. The van der Waals surface area contributed by atoms with Crippen molar-refractivity contribution in [2.45, 2.75) is 58.4 Å². The molecule has 27 heavy (non-hydrogen) atoms. The topological polar surface area (TPSA) is 89.9 Å². The highest BCUT2D eigenvalue weighted by Gasteiger charge is 2.35. The number of benzene rings is 1. The van der Waals surface area contributed by atoms with Crippen LogP contribution in [0.4, 0.5) is 10.1 Å². The molecule has 0 aromatic heterocycles. The summed E-state index contributed by atoms with van der Waals surface area (Å²) in [5.41, 5.74) is 1.23. The van der Waals surface area contributed by atoms with Crippen LogP contribution in [0.1, 0.15) is 45.1 Å². The molecule has 1 amide bonds. The molecule has 8 heteroatoms. The summed E-state index contributed by atoms with van der Waals surface area (Å²) in [6.07, 6.45) is 1.08. The first kappa shape index (κ1) is 21.4. The number of carbonyl (C=O) groups is 2. The third-order valence-electron chi connectivity index (χ3n) is 4.83. The van der Waals surface area contributed by atoms with Crippen LogP contribution in [0.2, 0.25) is 0 Å². The van der Waals surface area contributed by atoms with E-state index >= 15 is 0 Å². The molecule has 0 aliphatic carbocycles. The quantitative estimate of drug-likeness (QED) is 0.568. The molecule has 3 N–H and O–H groups in total. The second-order valence-electron chi connectivity index (χ2n) is 7.64. The molecule has 2 rings (SSSR count). The number of halogens is 1. The molecular formula is C19H28BFN2O4. The van der Waals surface area contributed by atoms with E-state index in [0.717, 1.165) is 5.56 Å². The van der Waals surface area contributed by atoms with Crippen molar-refractivity contribution >= 4 is 24.5 Å². The normalized spacial score (nSPS) is 17.4. The zero-order chi connectivity index (χ0) is 20.1. The van der Waals surface area contributed by atoms with Crippen LogP contribution in [0.5, 0.6) is 0 Å². The third kappa shape index (κ3) is 5.77. The van der Waals surface area contributed by atoms with Crippen molar-refractivity contribution in [1.82, 2.24) is 5.32 Å². The van der Waals surface area contributed by atoms with Gasteiger partial charge >= 0.3 is 7.12 Å². The van der Waals surface area contributed by atoms with Crippen molar-refractivity contribution in [3.63, 3.8) is 0 Å². The summed E-state index contributed by atoms with van der Waals surface area (Å²) in [7, 11) is -1.64. The fraction of sp³-hybridized carbons (Fsp3) is 0.579. The number of amides is 1. The maximum Gasteiger partial charge on any atom is 0.475 e. The van der Waals surface area contributed by atoms with Crippen LogP contribution in [0.3, 0.4) is 0 Å². The van der Waals surface area contributed by atoms with Gasteiger partial charge in [-0.05, 0) is 43.4 Å². The predicted molar refractivity (Wildman–Crippen MR) is 103 cm³/mol. The van der Waals surface area contributed by atoms with Gasteiger partial charge in [0.25, 0.3) is 0 Å². The number of nitrogens with one attached hydrogen (secondary N) is 1. The zero-order valence-corrected chi connectivity index (χ0v) is 16.1. The Balaban J connectivity index is 1.87. The molecule has 0 radical (unpaired) electrons. The van der Waals surface area contributed by atoms with Gasteiger partial charge in [-0.25, -0.2) is 4.39 Å². The largest absolute Gasteiger partial charge is 0.475 e. The average molecular weight is 378 g/mol. The van der Waals surface area contributed by atoms with Crippen LogP contribution >= 0.6 is 0 Å². The van der Waals surface area contributed by atoms with Crippen LogP contribution in [0, 0.1) is 18.7 Å². The number of aryl methyl sites for hydroxylation is 1. The first-order chi connectivity index (χ1) is 12.7. The summed E-state index contributed by atoms with van der Waals surface area (Å²) >= 11 is 0. The highest BCUT2D eigenvalue weighted by atomic mass is 19.1. The second kappa shape index (κ2) is 9.33. The first-order valence-corrected chi connectivity index (χ1v) is 9.40. The van der Waals surface area contributed by atoms with E-state index in [1.54, 1.807) is 24.0 Å². The molecule has 0 unspecified atom stereocenters. The summed E-state index contributed by atoms with van der Waals surface area (Å²) in [6.45, 7) is 6.25. The molecule has 0 spiro atoms. The standard InChI is InChI=1S/C19H28BFN2O4/c1-12(2)10-18(20(26)27)22-19(25)7-6-17(24)16-8-9-23(16)15-5-4-13(3)11-14(15)21/h4-5,11-12,16,18,26-27H,6-10H2,1-3H3,(H,22,25)/t16-,18+/m0/s1. The van der Waals surface area contributed by atoms with Crippen molar-refractivity contribution in [1.29, 1.82) is 0 Å². The number of anilines is 1. The van der Waals surface area contributed by atoms with E-state index in [1.165, 1.54) is 6.07 Å². The fourth-order valence-electron chi connectivity index (χ4n) is 3.30. The lowest BCUT2D eigenvalue weighted by Crippen LogP contribution is -2.53. The number of Topliss-reactive ketones (excluding diaryl/α,β-unsaturated/α-hetero) is 1.